The number of hydrogen-bond donors (Lipinski definition) is 2. The van der Waals surface area contributed by atoms with Gasteiger partial charge in [0.15, 0.2) is 0 Å². The maximum atomic E-state index is 11.6. The van der Waals surface area contributed by atoms with Crippen LogP contribution in [0.5, 0.6) is 0 Å². The molecule has 2 heterocycles. The second-order valence-electron chi connectivity index (χ2n) is 4.16. The molecular formula is C11H17N3OS2. The molecule has 0 bridgehead atoms. The number of carbonyl (C=O) groups is 1. The third-order valence-electron chi connectivity index (χ3n) is 2.80. The number of hydrazine groups is 1. The van der Waals surface area contributed by atoms with Gasteiger partial charge in [0.2, 0.25) is 0 Å². The van der Waals surface area contributed by atoms with Gasteiger partial charge in [0.05, 0.1) is 4.88 Å². The number of thiophene rings is 1. The van der Waals surface area contributed by atoms with Crippen LogP contribution >= 0.6 is 23.1 Å². The Morgan fingerprint density at radius 3 is 3.24 bits per heavy atom. The third-order valence-corrected chi connectivity index (χ3v) is 4.90. The van der Waals surface area contributed by atoms with E-state index in [1.54, 1.807) is 0 Å². The number of amides is 1. The molecule has 1 aromatic rings. The molecule has 0 saturated carbocycles. The smallest absolute Gasteiger partial charge is 0.275 e. The van der Waals surface area contributed by atoms with Gasteiger partial charge in [0.25, 0.3) is 5.91 Å². The number of carbonyl (C=O) groups excluding carboxylic acids is 1. The summed E-state index contributed by atoms with van der Waals surface area (Å²) in [5.41, 5.74) is 3.28. The van der Waals surface area contributed by atoms with Crippen LogP contribution in [-0.2, 0) is 6.54 Å². The second kappa shape index (κ2) is 5.86. The van der Waals surface area contributed by atoms with Crippen molar-refractivity contribution >= 4 is 29.0 Å². The standard InChI is InChI=1S/C11H17N3OS2/c1-8-6-14(3-5-16-8)7-9-2-4-17-10(9)11(15)13-12/h2,4,8H,3,5-7,12H2,1H3,(H,13,15). The van der Waals surface area contributed by atoms with E-state index in [4.69, 9.17) is 5.84 Å². The van der Waals surface area contributed by atoms with E-state index < -0.39 is 0 Å². The van der Waals surface area contributed by atoms with Crippen LogP contribution in [0.25, 0.3) is 0 Å². The largest absolute Gasteiger partial charge is 0.297 e. The molecule has 1 fully saturated rings. The average Bonchev–Trinajstić information content (AvgIpc) is 2.76. The summed E-state index contributed by atoms with van der Waals surface area (Å²) < 4.78 is 0. The van der Waals surface area contributed by atoms with Gasteiger partial charge < -0.3 is 0 Å². The first-order valence-corrected chi connectivity index (χ1v) is 7.55. The van der Waals surface area contributed by atoms with Gasteiger partial charge in [-0.2, -0.15) is 11.8 Å². The molecule has 0 spiro atoms. The predicted octanol–water partition coefficient (Wildman–Crippen LogP) is 1.29. The van der Waals surface area contributed by atoms with Crippen LogP contribution in [0.1, 0.15) is 22.2 Å². The van der Waals surface area contributed by atoms with E-state index in [-0.39, 0.29) is 5.91 Å². The molecule has 1 saturated heterocycles. The number of nitrogens with zero attached hydrogens (tertiary/aromatic N) is 1. The molecule has 1 atom stereocenters. The van der Waals surface area contributed by atoms with Crippen molar-refractivity contribution in [2.24, 2.45) is 5.84 Å². The zero-order valence-corrected chi connectivity index (χ0v) is 11.4. The third kappa shape index (κ3) is 3.22. The highest BCUT2D eigenvalue weighted by atomic mass is 32.2. The Kier molecular flexibility index (Phi) is 4.44. The molecule has 1 unspecified atom stereocenters. The summed E-state index contributed by atoms with van der Waals surface area (Å²) in [5, 5.41) is 2.62. The van der Waals surface area contributed by atoms with Crippen molar-refractivity contribution in [1.29, 1.82) is 0 Å². The molecule has 6 heteroatoms. The van der Waals surface area contributed by atoms with Gasteiger partial charge in [0.1, 0.15) is 0 Å². The summed E-state index contributed by atoms with van der Waals surface area (Å²) >= 11 is 3.46. The van der Waals surface area contributed by atoms with E-state index in [1.165, 1.54) is 17.1 Å². The lowest BCUT2D eigenvalue weighted by atomic mass is 10.2. The monoisotopic (exact) mass is 271 g/mol. The Labute approximate surface area is 110 Å². The number of nitrogen functional groups attached to an aromatic ring is 1. The fraction of sp³-hybridized carbons (Fsp3) is 0.545. The van der Waals surface area contributed by atoms with Crippen LogP contribution in [0.2, 0.25) is 0 Å². The minimum Gasteiger partial charge on any atom is -0.297 e. The molecule has 0 aliphatic carbocycles. The van der Waals surface area contributed by atoms with E-state index in [9.17, 15) is 4.79 Å². The van der Waals surface area contributed by atoms with Gasteiger partial charge in [0, 0.05) is 30.6 Å². The van der Waals surface area contributed by atoms with Crippen molar-refractivity contribution in [2.45, 2.75) is 18.7 Å². The minimum absolute atomic E-state index is 0.186. The molecule has 4 nitrogen and oxygen atoms in total. The zero-order valence-electron chi connectivity index (χ0n) is 9.81. The molecule has 3 N–H and O–H groups in total. The van der Waals surface area contributed by atoms with Crippen molar-refractivity contribution in [3.05, 3.63) is 21.9 Å². The molecule has 1 amide bonds. The van der Waals surface area contributed by atoms with Crippen molar-refractivity contribution in [3.63, 3.8) is 0 Å². The number of hydrogen-bond acceptors (Lipinski definition) is 5. The van der Waals surface area contributed by atoms with E-state index in [1.807, 2.05) is 23.2 Å². The minimum atomic E-state index is -0.186. The van der Waals surface area contributed by atoms with E-state index >= 15 is 0 Å². The lowest BCUT2D eigenvalue weighted by molar-refractivity contribution is 0.0956. The van der Waals surface area contributed by atoms with Crippen LogP contribution in [0.3, 0.4) is 0 Å². The highest BCUT2D eigenvalue weighted by molar-refractivity contribution is 7.99. The molecule has 1 aliphatic heterocycles. The summed E-state index contributed by atoms with van der Waals surface area (Å²) in [4.78, 5) is 14.7. The second-order valence-corrected chi connectivity index (χ2v) is 6.63. The summed E-state index contributed by atoms with van der Waals surface area (Å²) in [7, 11) is 0. The highest BCUT2D eigenvalue weighted by Crippen LogP contribution is 2.23. The van der Waals surface area contributed by atoms with Crippen LogP contribution in [0.15, 0.2) is 11.4 Å². The van der Waals surface area contributed by atoms with E-state index in [0.29, 0.717) is 5.25 Å². The summed E-state index contributed by atoms with van der Waals surface area (Å²) in [5.74, 6) is 6.16. The van der Waals surface area contributed by atoms with E-state index in [2.05, 4.69) is 17.2 Å². The van der Waals surface area contributed by atoms with Crippen molar-refractivity contribution < 1.29 is 4.79 Å². The average molecular weight is 271 g/mol. The summed E-state index contributed by atoms with van der Waals surface area (Å²) in [6.07, 6.45) is 0. The number of rotatable bonds is 3. The topological polar surface area (TPSA) is 58.4 Å². The first kappa shape index (κ1) is 12.9. The quantitative estimate of drug-likeness (QED) is 0.494. The fourth-order valence-electron chi connectivity index (χ4n) is 2.00. The van der Waals surface area contributed by atoms with Crippen LogP contribution in [-0.4, -0.2) is 34.9 Å². The zero-order chi connectivity index (χ0) is 12.3. The van der Waals surface area contributed by atoms with Crippen molar-refractivity contribution in [2.75, 3.05) is 18.8 Å². The first-order valence-electron chi connectivity index (χ1n) is 5.62. The molecule has 1 aromatic heterocycles. The highest BCUT2D eigenvalue weighted by Gasteiger charge is 2.19. The summed E-state index contributed by atoms with van der Waals surface area (Å²) in [6.45, 7) is 5.27. The molecule has 0 aromatic carbocycles. The maximum Gasteiger partial charge on any atom is 0.275 e. The molecule has 2 rings (SSSR count). The number of thioether (sulfide) groups is 1. The van der Waals surface area contributed by atoms with Gasteiger partial charge in [-0.1, -0.05) is 6.92 Å². The van der Waals surface area contributed by atoms with Gasteiger partial charge in [-0.25, -0.2) is 5.84 Å². The van der Waals surface area contributed by atoms with E-state index in [0.717, 1.165) is 30.1 Å². The lowest BCUT2D eigenvalue weighted by Gasteiger charge is -2.30. The van der Waals surface area contributed by atoms with Gasteiger partial charge in [-0.15, -0.1) is 11.3 Å². The van der Waals surface area contributed by atoms with Gasteiger partial charge in [-0.05, 0) is 17.0 Å². The Hall–Kier alpha value is -0.560. The Morgan fingerprint density at radius 2 is 2.53 bits per heavy atom. The summed E-state index contributed by atoms with van der Waals surface area (Å²) in [6, 6.07) is 2.02. The van der Waals surface area contributed by atoms with Gasteiger partial charge >= 0.3 is 0 Å². The molecule has 94 valence electrons. The normalized spacial score (nSPS) is 21.4. The molecule has 0 radical (unpaired) electrons. The Morgan fingerprint density at radius 1 is 1.71 bits per heavy atom. The number of nitrogens with one attached hydrogen (secondary N) is 1. The van der Waals surface area contributed by atoms with Gasteiger partial charge in [-0.3, -0.25) is 15.1 Å². The lowest BCUT2D eigenvalue weighted by Crippen LogP contribution is -2.36. The van der Waals surface area contributed by atoms with Crippen molar-refractivity contribution in [3.8, 4) is 0 Å². The molecule has 1 aliphatic rings. The Balaban J connectivity index is 2.03. The number of nitrogens with two attached hydrogens (primary N) is 1. The molecular weight excluding hydrogens is 254 g/mol. The van der Waals surface area contributed by atoms with Crippen molar-refractivity contribution in [1.82, 2.24) is 10.3 Å². The fourth-order valence-corrected chi connectivity index (χ4v) is 3.90. The van der Waals surface area contributed by atoms with Crippen LogP contribution in [0, 0.1) is 0 Å². The van der Waals surface area contributed by atoms with Crippen LogP contribution in [0.4, 0.5) is 0 Å². The molecule has 17 heavy (non-hydrogen) atoms. The first-order chi connectivity index (χ1) is 8.20. The predicted molar refractivity (Wildman–Crippen MR) is 73.2 cm³/mol. The van der Waals surface area contributed by atoms with Crippen LogP contribution < -0.4 is 11.3 Å². The maximum absolute atomic E-state index is 11.6. The SMILES string of the molecule is CC1CN(Cc2ccsc2C(=O)NN)CCS1. The Bertz CT molecular complexity index is 394.